The molecule has 13 heteroatoms. The van der Waals surface area contributed by atoms with Crippen molar-refractivity contribution in [1.29, 1.82) is 0 Å². The Morgan fingerprint density at radius 2 is 1.44 bits per heavy atom. The molecule has 13 nitrogen and oxygen atoms in total. The molecule has 0 fully saturated rings. The summed E-state index contributed by atoms with van der Waals surface area (Å²) in [5, 5.41) is 24.7. The van der Waals surface area contributed by atoms with Crippen molar-refractivity contribution in [3.05, 3.63) is 35.9 Å². The smallest absolute Gasteiger partial charge is 0.325 e. The van der Waals surface area contributed by atoms with Crippen molar-refractivity contribution >= 4 is 35.6 Å². The quantitative estimate of drug-likeness (QED) is 0.154. The van der Waals surface area contributed by atoms with E-state index in [4.69, 9.17) is 21.7 Å². The standard InChI is InChI=1S/C21H29N5O8/c1-11(21(33)34)24-19(31)14(9-12-5-3-2-4-6-12)26-20(32)15(10-16(23)27)25-18(30)13(22)7-8-17(28)29/h2-6,11,13-15H,7-10,22H2,1H3,(H2,23,27)(H,24,31)(H,25,30)(H,26,32)(H,28,29)(H,33,34). The maximum absolute atomic E-state index is 12.9. The van der Waals surface area contributed by atoms with Crippen LogP contribution in [0.1, 0.15) is 31.7 Å². The first-order chi connectivity index (χ1) is 15.9. The Kier molecular flexibility index (Phi) is 11.2. The van der Waals surface area contributed by atoms with E-state index in [1.807, 2.05) is 0 Å². The molecular formula is C21H29N5O8. The molecule has 0 aliphatic rings. The van der Waals surface area contributed by atoms with Crippen LogP contribution in [0.4, 0.5) is 0 Å². The lowest BCUT2D eigenvalue weighted by Crippen LogP contribution is -2.58. The number of nitrogens with one attached hydrogen (secondary N) is 3. The molecule has 0 aliphatic carbocycles. The second kappa shape index (κ2) is 13.5. The zero-order valence-electron chi connectivity index (χ0n) is 18.5. The summed E-state index contributed by atoms with van der Waals surface area (Å²) in [6.07, 6.45) is -1.23. The molecular weight excluding hydrogens is 450 g/mol. The van der Waals surface area contributed by atoms with E-state index < -0.39 is 66.2 Å². The number of primary amides is 1. The fourth-order valence-corrected chi connectivity index (χ4v) is 2.81. The summed E-state index contributed by atoms with van der Waals surface area (Å²) in [7, 11) is 0. The van der Waals surface area contributed by atoms with Crippen LogP contribution in [0.5, 0.6) is 0 Å². The van der Waals surface area contributed by atoms with Gasteiger partial charge in [0.1, 0.15) is 18.1 Å². The summed E-state index contributed by atoms with van der Waals surface area (Å²) in [5.41, 5.74) is 11.5. The molecule has 1 rings (SSSR count). The van der Waals surface area contributed by atoms with E-state index in [0.717, 1.165) is 0 Å². The first kappa shape index (κ1) is 28.0. The number of rotatable bonds is 14. The average Bonchev–Trinajstić information content (AvgIpc) is 2.76. The summed E-state index contributed by atoms with van der Waals surface area (Å²) in [6.45, 7) is 1.25. The lowest BCUT2D eigenvalue weighted by atomic mass is 10.0. The zero-order chi connectivity index (χ0) is 25.8. The molecule has 34 heavy (non-hydrogen) atoms. The number of benzene rings is 1. The Hall–Kier alpha value is -4.00. The third-order valence-corrected chi connectivity index (χ3v) is 4.69. The zero-order valence-corrected chi connectivity index (χ0v) is 18.5. The summed E-state index contributed by atoms with van der Waals surface area (Å²) in [5.74, 6) is -5.99. The number of carbonyl (C=O) groups is 6. The number of nitrogens with two attached hydrogens (primary N) is 2. The third kappa shape index (κ3) is 10.1. The van der Waals surface area contributed by atoms with Crippen LogP contribution in [0.15, 0.2) is 30.3 Å². The van der Waals surface area contributed by atoms with E-state index in [-0.39, 0.29) is 19.3 Å². The highest BCUT2D eigenvalue weighted by Gasteiger charge is 2.30. The summed E-state index contributed by atoms with van der Waals surface area (Å²) in [6, 6.07) is 3.30. The van der Waals surface area contributed by atoms with Gasteiger partial charge in [0, 0.05) is 12.8 Å². The van der Waals surface area contributed by atoms with E-state index in [1.54, 1.807) is 30.3 Å². The van der Waals surface area contributed by atoms with Crippen molar-refractivity contribution in [1.82, 2.24) is 16.0 Å². The van der Waals surface area contributed by atoms with Crippen molar-refractivity contribution in [2.24, 2.45) is 11.5 Å². The van der Waals surface area contributed by atoms with Gasteiger partial charge in [0.05, 0.1) is 12.5 Å². The highest BCUT2D eigenvalue weighted by Crippen LogP contribution is 2.06. The maximum Gasteiger partial charge on any atom is 0.325 e. The molecule has 0 bridgehead atoms. The van der Waals surface area contributed by atoms with E-state index in [9.17, 15) is 28.8 Å². The number of amides is 4. The van der Waals surface area contributed by atoms with E-state index >= 15 is 0 Å². The van der Waals surface area contributed by atoms with Crippen LogP contribution in [0.2, 0.25) is 0 Å². The van der Waals surface area contributed by atoms with Gasteiger partial charge in [-0.25, -0.2) is 0 Å². The van der Waals surface area contributed by atoms with E-state index in [2.05, 4.69) is 16.0 Å². The molecule has 0 saturated heterocycles. The van der Waals surface area contributed by atoms with Crippen molar-refractivity contribution in [2.75, 3.05) is 0 Å². The molecule has 1 aromatic rings. The minimum Gasteiger partial charge on any atom is -0.481 e. The summed E-state index contributed by atoms with van der Waals surface area (Å²) in [4.78, 5) is 71.0. The Bertz CT molecular complexity index is 908. The van der Waals surface area contributed by atoms with Crippen LogP contribution in [0, 0.1) is 0 Å². The predicted octanol–water partition coefficient (Wildman–Crippen LogP) is -2.14. The minimum atomic E-state index is -1.50. The van der Waals surface area contributed by atoms with Crippen LogP contribution in [0.3, 0.4) is 0 Å². The van der Waals surface area contributed by atoms with Crippen LogP contribution >= 0.6 is 0 Å². The highest BCUT2D eigenvalue weighted by molar-refractivity contribution is 5.96. The van der Waals surface area contributed by atoms with E-state index in [1.165, 1.54) is 6.92 Å². The SMILES string of the molecule is CC(NC(=O)C(Cc1ccccc1)NC(=O)C(CC(N)=O)NC(=O)C(N)CCC(=O)O)C(=O)O. The highest BCUT2D eigenvalue weighted by atomic mass is 16.4. The molecule has 0 saturated carbocycles. The number of aliphatic carboxylic acids is 2. The molecule has 0 spiro atoms. The molecule has 186 valence electrons. The number of carboxylic acids is 2. The van der Waals surface area contributed by atoms with Crippen LogP contribution in [0.25, 0.3) is 0 Å². The molecule has 4 atom stereocenters. The number of hydrogen-bond donors (Lipinski definition) is 7. The van der Waals surface area contributed by atoms with Crippen molar-refractivity contribution in [3.63, 3.8) is 0 Å². The molecule has 1 aromatic carbocycles. The van der Waals surface area contributed by atoms with Gasteiger partial charge in [-0.2, -0.15) is 0 Å². The van der Waals surface area contributed by atoms with Crippen molar-refractivity contribution in [3.8, 4) is 0 Å². The largest absolute Gasteiger partial charge is 0.481 e. The van der Waals surface area contributed by atoms with Gasteiger partial charge in [0.2, 0.25) is 23.6 Å². The molecule has 4 unspecified atom stereocenters. The number of hydrogen-bond acceptors (Lipinski definition) is 7. The molecule has 0 aliphatic heterocycles. The Balaban J connectivity index is 3.02. The second-order valence-electron chi connectivity index (χ2n) is 7.59. The average molecular weight is 479 g/mol. The fourth-order valence-electron chi connectivity index (χ4n) is 2.81. The Labute approximate surface area is 195 Å². The van der Waals surface area contributed by atoms with Gasteiger partial charge in [-0.15, -0.1) is 0 Å². The molecule has 0 aromatic heterocycles. The molecule has 4 amide bonds. The summed E-state index contributed by atoms with van der Waals surface area (Å²) >= 11 is 0. The van der Waals surface area contributed by atoms with Gasteiger partial charge in [-0.3, -0.25) is 28.8 Å². The fraction of sp³-hybridized carbons (Fsp3) is 0.429. The monoisotopic (exact) mass is 479 g/mol. The Morgan fingerprint density at radius 3 is 1.97 bits per heavy atom. The Morgan fingerprint density at radius 1 is 0.882 bits per heavy atom. The van der Waals surface area contributed by atoms with Gasteiger partial charge in [0.15, 0.2) is 0 Å². The first-order valence-corrected chi connectivity index (χ1v) is 10.3. The van der Waals surface area contributed by atoms with Gasteiger partial charge in [0.25, 0.3) is 0 Å². The van der Waals surface area contributed by atoms with Gasteiger partial charge in [-0.1, -0.05) is 30.3 Å². The van der Waals surface area contributed by atoms with E-state index in [0.29, 0.717) is 5.56 Å². The van der Waals surface area contributed by atoms with Gasteiger partial charge >= 0.3 is 11.9 Å². The van der Waals surface area contributed by atoms with Crippen LogP contribution in [-0.4, -0.2) is 69.9 Å². The lowest BCUT2D eigenvalue weighted by Gasteiger charge is -2.24. The van der Waals surface area contributed by atoms with Crippen molar-refractivity contribution < 1.29 is 39.0 Å². The second-order valence-corrected chi connectivity index (χ2v) is 7.59. The predicted molar refractivity (Wildman–Crippen MR) is 118 cm³/mol. The van der Waals surface area contributed by atoms with Crippen molar-refractivity contribution in [2.45, 2.75) is 56.8 Å². The summed E-state index contributed by atoms with van der Waals surface area (Å²) < 4.78 is 0. The number of carbonyl (C=O) groups excluding carboxylic acids is 4. The van der Waals surface area contributed by atoms with Crippen LogP contribution in [-0.2, 0) is 35.2 Å². The minimum absolute atomic E-state index is 0.0138. The molecule has 0 radical (unpaired) electrons. The molecule has 0 heterocycles. The molecule has 9 N–H and O–H groups in total. The normalized spacial score (nSPS) is 14.1. The maximum atomic E-state index is 12.9. The van der Waals surface area contributed by atoms with Crippen LogP contribution < -0.4 is 27.4 Å². The van der Waals surface area contributed by atoms with Gasteiger partial charge in [-0.05, 0) is 18.9 Å². The number of carboxylic acid groups (broad SMARTS) is 2. The topological polar surface area (TPSA) is 231 Å². The lowest BCUT2D eigenvalue weighted by molar-refractivity contribution is -0.142. The van der Waals surface area contributed by atoms with Gasteiger partial charge < -0.3 is 37.6 Å². The third-order valence-electron chi connectivity index (χ3n) is 4.69. The first-order valence-electron chi connectivity index (χ1n) is 10.3.